The zero-order valence-electron chi connectivity index (χ0n) is 15.7. The topological polar surface area (TPSA) is 20.2 Å². The van der Waals surface area contributed by atoms with Crippen LogP contribution in [-0.4, -0.2) is 16.6 Å². The Morgan fingerprint density at radius 1 is 0.750 bits per heavy atom. The summed E-state index contributed by atoms with van der Waals surface area (Å²) < 4.78 is 0. The molecule has 0 spiro atoms. The van der Waals surface area contributed by atoms with Gasteiger partial charge in [0, 0.05) is 6.42 Å². The van der Waals surface area contributed by atoms with Crippen molar-refractivity contribution in [3.8, 4) is 0 Å². The van der Waals surface area contributed by atoms with E-state index in [0.29, 0.717) is 6.42 Å². The third kappa shape index (κ3) is 19.3. The molecule has 1 atom stereocenters. The van der Waals surface area contributed by atoms with Gasteiger partial charge in [-0.15, -0.1) is 0 Å². The minimum Gasteiger partial charge on any atom is -0.393 e. The molecule has 0 aromatic heterocycles. The normalized spacial score (nSPS) is 13.4. The second-order valence-electron chi connectivity index (χ2n) is 6.40. The Morgan fingerprint density at radius 3 is 1.92 bits per heavy atom. The number of aliphatic hydroxyl groups is 1. The van der Waals surface area contributed by atoms with E-state index in [1.807, 2.05) is 0 Å². The summed E-state index contributed by atoms with van der Waals surface area (Å²) >= 11 is 4.75. The molecule has 0 aromatic rings. The number of hydrogen-bond donors (Lipinski definition) is 1. The molecular weight excluding hydrogens is 312 g/mol. The van der Waals surface area contributed by atoms with Crippen molar-refractivity contribution in [3.63, 3.8) is 0 Å². The molecule has 0 bridgehead atoms. The second kappa shape index (κ2) is 20.3. The summed E-state index contributed by atoms with van der Waals surface area (Å²) in [6, 6.07) is 0. The Morgan fingerprint density at radius 2 is 1.29 bits per heavy atom. The number of aliphatic hydroxyl groups excluding tert-OH is 1. The molecule has 0 fully saturated rings. The quantitative estimate of drug-likeness (QED) is 0.171. The summed E-state index contributed by atoms with van der Waals surface area (Å²) in [7, 11) is 0. The molecule has 1 N–H and O–H groups in total. The molecule has 0 radical (unpaired) electrons. The third-order valence-corrected chi connectivity index (χ3v) is 4.25. The van der Waals surface area contributed by atoms with Crippen LogP contribution >= 0.6 is 12.2 Å². The van der Waals surface area contributed by atoms with Gasteiger partial charge in [-0.2, -0.15) is 0 Å². The van der Waals surface area contributed by atoms with Crippen LogP contribution in [-0.2, 0) is 0 Å². The van der Waals surface area contributed by atoms with E-state index >= 15 is 0 Å². The third-order valence-electron chi connectivity index (χ3n) is 4.06. The minimum absolute atomic E-state index is 0.211. The first-order valence-corrected chi connectivity index (χ1v) is 10.3. The van der Waals surface area contributed by atoms with Crippen LogP contribution in [0, 0.1) is 0 Å². The molecule has 0 aliphatic carbocycles. The Labute approximate surface area is 155 Å². The summed E-state index contributed by atoms with van der Waals surface area (Å²) in [6.07, 6.45) is 28.4. The highest BCUT2D eigenvalue weighted by Crippen LogP contribution is 2.11. The van der Waals surface area contributed by atoms with Gasteiger partial charge in [0.2, 0.25) is 0 Å². The van der Waals surface area contributed by atoms with Crippen molar-refractivity contribution in [2.24, 2.45) is 0 Å². The average molecular weight is 351 g/mol. The van der Waals surface area contributed by atoms with Crippen molar-refractivity contribution >= 4 is 17.6 Å². The smallest absolute Gasteiger partial charge is 0.0582 e. The summed E-state index contributed by atoms with van der Waals surface area (Å²) in [5.74, 6) is 0. The Kier molecular flexibility index (Phi) is 19.7. The monoisotopic (exact) mass is 350 g/mol. The van der Waals surface area contributed by atoms with Gasteiger partial charge in [0.25, 0.3) is 0 Å². The highest BCUT2D eigenvalue weighted by atomic mass is 32.1. The van der Waals surface area contributed by atoms with Crippen LogP contribution in [0.2, 0.25) is 0 Å². The van der Waals surface area contributed by atoms with Crippen molar-refractivity contribution < 1.29 is 5.11 Å². The molecule has 0 amide bonds. The van der Waals surface area contributed by atoms with Gasteiger partial charge in [-0.3, -0.25) is 0 Å². The SMILES string of the molecule is CCC=CCC=CCC=CCCCCCCCCCC(O)CC=S. The summed E-state index contributed by atoms with van der Waals surface area (Å²) in [5, 5.41) is 11.2. The van der Waals surface area contributed by atoms with Gasteiger partial charge in [0.05, 0.1) is 6.10 Å². The van der Waals surface area contributed by atoms with Crippen molar-refractivity contribution in [2.75, 3.05) is 0 Å². The molecule has 24 heavy (non-hydrogen) atoms. The maximum atomic E-state index is 9.56. The Bertz CT molecular complexity index is 344. The summed E-state index contributed by atoms with van der Waals surface area (Å²) in [5.41, 5.74) is 0. The molecule has 0 aromatic carbocycles. The van der Waals surface area contributed by atoms with Crippen LogP contribution in [0.25, 0.3) is 0 Å². The van der Waals surface area contributed by atoms with Crippen molar-refractivity contribution in [3.05, 3.63) is 36.5 Å². The lowest BCUT2D eigenvalue weighted by Crippen LogP contribution is -2.05. The molecule has 1 nitrogen and oxygen atoms in total. The minimum atomic E-state index is -0.211. The van der Waals surface area contributed by atoms with E-state index in [9.17, 15) is 5.11 Å². The maximum absolute atomic E-state index is 9.56. The number of rotatable bonds is 17. The highest BCUT2D eigenvalue weighted by molar-refractivity contribution is 7.78. The van der Waals surface area contributed by atoms with Crippen LogP contribution in [0.3, 0.4) is 0 Å². The molecule has 0 heterocycles. The lowest BCUT2D eigenvalue weighted by atomic mass is 10.0. The summed E-state index contributed by atoms with van der Waals surface area (Å²) in [6.45, 7) is 2.17. The molecule has 0 aliphatic rings. The fourth-order valence-corrected chi connectivity index (χ4v) is 2.80. The van der Waals surface area contributed by atoms with E-state index in [4.69, 9.17) is 12.2 Å². The van der Waals surface area contributed by atoms with Gasteiger partial charge in [0.15, 0.2) is 0 Å². The largest absolute Gasteiger partial charge is 0.393 e. The van der Waals surface area contributed by atoms with Gasteiger partial charge in [0.1, 0.15) is 0 Å². The Balaban J connectivity index is 3.23. The molecule has 0 saturated heterocycles. The number of thiocarbonyl (C=S) groups is 1. The van der Waals surface area contributed by atoms with Gasteiger partial charge in [-0.05, 0) is 43.9 Å². The Hall–Kier alpha value is -0.730. The first-order valence-electron chi connectivity index (χ1n) is 9.88. The summed E-state index contributed by atoms with van der Waals surface area (Å²) in [4.78, 5) is 0. The molecule has 1 unspecified atom stereocenters. The van der Waals surface area contributed by atoms with Gasteiger partial charge >= 0.3 is 0 Å². The zero-order chi connectivity index (χ0) is 17.7. The molecule has 2 heteroatoms. The lowest BCUT2D eigenvalue weighted by Gasteiger charge is -2.06. The van der Waals surface area contributed by atoms with Crippen molar-refractivity contribution in [1.29, 1.82) is 0 Å². The number of unbranched alkanes of at least 4 members (excludes halogenated alkanes) is 7. The predicted molar refractivity (Wildman–Crippen MR) is 113 cm³/mol. The fourth-order valence-electron chi connectivity index (χ4n) is 2.58. The first kappa shape index (κ1) is 23.3. The molecule has 0 aliphatic heterocycles. The number of allylic oxidation sites excluding steroid dienone is 6. The van der Waals surface area contributed by atoms with E-state index in [-0.39, 0.29) is 6.10 Å². The van der Waals surface area contributed by atoms with Crippen molar-refractivity contribution in [2.45, 2.75) is 96.5 Å². The van der Waals surface area contributed by atoms with Gasteiger partial charge in [-0.25, -0.2) is 0 Å². The molecule has 0 rings (SSSR count). The van der Waals surface area contributed by atoms with E-state index in [1.165, 1.54) is 44.9 Å². The zero-order valence-corrected chi connectivity index (χ0v) is 16.5. The van der Waals surface area contributed by atoms with E-state index in [1.54, 1.807) is 5.37 Å². The first-order chi connectivity index (χ1) is 11.8. The van der Waals surface area contributed by atoms with E-state index < -0.39 is 0 Å². The molecular formula is C22H38OS. The molecule has 138 valence electrons. The van der Waals surface area contributed by atoms with Crippen molar-refractivity contribution in [1.82, 2.24) is 0 Å². The highest BCUT2D eigenvalue weighted by Gasteiger charge is 2.00. The standard InChI is InChI=1S/C22H38OS/c1-2-3-4-5-6-7-8-9-10-11-12-13-14-15-16-17-18-19-22(23)20-21-24/h3-4,6-7,9-10,21-23H,2,5,8,11-20H2,1H3. The van der Waals surface area contributed by atoms with Crippen LogP contribution in [0.4, 0.5) is 0 Å². The van der Waals surface area contributed by atoms with Crippen LogP contribution in [0.5, 0.6) is 0 Å². The predicted octanol–water partition coefficient (Wildman–Crippen LogP) is 7.11. The van der Waals surface area contributed by atoms with Gasteiger partial charge in [-0.1, -0.05) is 94.1 Å². The maximum Gasteiger partial charge on any atom is 0.0582 e. The van der Waals surface area contributed by atoms with E-state index in [2.05, 4.69) is 43.4 Å². The van der Waals surface area contributed by atoms with Gasteiger partial charge < -0.3 is 5.11 Å². The van der Waals surface area contributed by atoms with Crippen LogP contribution < -0.4 is 0 Å². The van der Waals surface area contributed by atoms with Crippen LogP contribution in [0.1, 0.15) is 90.4 Å². The lowest BCUT2D eigenvalue weighted by molar-refractivity contribution is 0.169. The van der Waals surface area contributed by atoms with E-state index in [0.717, 1.165) is 32.1 Å². The molecule has 0 saturated carbocycles. The fraction of sp³-hybridized carbons (Fsp3) is 0.682. The second-order valence-corrected chi connectivity index (χ2v) is 6.74. The van der Waals surface area contributed by atoms with Crippen LogP contribution in [0.15, 0.2) is 36.5 Å². The average Bonchev–Trinajstić information content (AvgIpc) is 2.58. The number of hydrogen-bond acceptors (Lipinski definition) is 2.